The Morgan fingerprint density at radius 2 is 1.83 bits per heavy atom. The minimum Gasteiger partial charge on any atom is -0.338 e. The zero-order valence-corrected chi connectivity index (χ0v) is 16.9. The zero-order valence-electron chi connectivity index (χ0n) is 15.4. The summed E-state index contributed by atoms with van der Waals surface area (Å²) in [6, 6.07) is 18.5. The predicted octanol–water partition coefficient (Wildman–Crippen LogP) is 6.01. The first-order valence-electron chi connectivity index (χ1n) is 8.86. The van der Waals surface area contributed by atoms with Gasteiger partial charge < -0.3 is 10.3 Å². The van der Waals surface area contributed by atoms with Crippen molar-refractivity contribution in [2.24, 2.45) is 0 Å². The molecule has 0 fully saturated rings. The Kier molecular flexibility index (Phi) is 5.34. The number of aromatic nitrogens is 3. The molecule has 2 aromatic heterocycles. The summed E-state index contributed by atoms with van der Waals surface area (Å²) in [4.78, 5) is 24.4. The number of hydrogen-bond acceptors (Lipinski definition) is 3. The number of amides is 1. The summed E-state index contributed by atoms with van der Waals surface area (Å²) in [6.45, 7) is 1.81. The van der Waals surface area contributed by atoms with Crippen LogP contribution in [0.2, 0.25) is 10.2 Å². The van der Waals surface area contributed by atoms with E-state index in [1.165, 1.54) is 0 Å². The van der Waals surface area contributed by atoms with Crippen molar-refractivity contribution in [3.8, 4) is 22.6 Å². The first kappa shape index (κ1) is 19.2. The zero-order chi connectivity index (χ0) is 20.4. The van der Waals surface area contributed by atoms with Gasteiger partial charge in [-0.2, -0.15) is 0 Å². The van der Waals surface area contributed by atoms with Gasteiger partial charge in [0.2, 0.25) is 0 Å². The van der Waals surface area contributed by atoms with E-state index in [1.54, 1.807) is 36.5 Å². The number of nitrogens with zero attached hydrogens (tertiary/aromatic N) is 2. The number of pyridine rings is 1. The Labute approximate surface area is 177 Å². The van der Waals surface area contributed by atoms with Crippen molar-refractivity contribution >= 4 is 34.8 Å². The van der Waals surface area contributed by atoms with Crippen molar-refractivity contribution in [3.05, 3.63) is 88.3 Å². The van der Waals surface area contributed by atoms with Crippen LogP contribution in [0.25, 0.3) is 22.6 Å². The van der Waals surface area contributed by atoms with Gasteiger partial charge >= 0.3 is 0 Å². The molecule has 2 heterocycles. The summed E-state index contributed by atoms with van der Waals surface area (Å²) >= 11 is 12.5. The highest BCUT2D eigenvalue weighted by Crippen LogP contribution is 2.30. The summed E-state index contributed by atoms with van der Waals surface area (Å²) in [6.07, 6.45) is 1.75. The van der Waals surface area contributed by atoms with Crippen LogP contribution in [0.5, 0.6) is 0 Å². The van der Waals surface area contributed by atoms with Gasteiger partial charge in [-0.05, 0) is 42.8 Å². The summed E-state index contributed by atoms with van der Waals surface area (Å²) in [7, 11) is 0. The SMILES string of the molecule is Cc1ccc(C(=O)Nc2ccc(Cl)c(-c3ncc(-c4ccccc4)[nH]3)c2)c(Cl)n1. The first-order chi connectivity index (χ1) is 14.0. The second-order valence-electron chi connectivity index (χ2n) is 6.45. The van der Waals surface area contributed by atoms with Gasteiger partial charge in [0.05, 0.1) is 22.5 Å². The van der Waals surface area contributed by atoms with Crippen LogP contribution < -0.4 is 5.32 Å². The Balaban J connectivity index is 1.61. The number of aromatic amines is 1. The van der Waals surface area contributed by atoms with E-state index in [0.717, 1.165) is 17.0 Å². The van der Waals surface area contributed by atoms with Crippen molar-refractivity contribution in [1.82, 2.24) is 15.0 Å². The molecule has 1 amide bonds. The molecule has 2 aromatic carbocycles. The molecule has 0 saturated heterocycles. The summed E-state index contributed by atoms with van der Waals surface area (Å²) in [5.74, 6) is 0.264. The van der Waals surface area contributed by atoms with Crippen LogP contribution in [0.15, 0.2) is 66.9 Å². The molecule has 0 radical (unpaired) electrons. The van der Waals surface area contributed by atoms with E-state index in [9.17, 15) is 4.79 Å². The van der Waals surface area contributed by atoms with Crippen LogP contribution in [0.3, 0.4) is 0 Å². The third-order valence-electron chi connectivity index (χ3n) is 4.37. The van der Waals surface area contributed by atoms with E-state index in [1.807, 2.05) is 37.3 Å². The van der Waals surface area contributed by atoms with Gasteiger partial charge in [0.1, 0.15) is 11.0 Å². The molecule has 5 nitrogen and oxygen atoms in total. The fraction of sp³-hybridized carbons (Fsp3) is 0.0455. The van der Waals surface area contributed by atoms with Crippen molar-refractivity contribution in [2.75, 3.05) is 5.32 Å². The number of halogens is 2. The standard InChI is InChI=1S/C22H16Cl2N4O/c1-13-7-9-16(20(24)26-13)22(29)27-15-8-10-18(23)17(11-15)21-25-12-19(28-21)14-5-3-2-4-6-14/h2-12H,1H3,(H,25,28)(H,27,29). The van der Waals surface area contributed by atoms with E-state index >= 15 is 0 Å². The summed E-state index contributed by atoms with van der Waals surface area (Å²) < 4.78 is 0. The van der Waals surface area contributed by atoms with Gasteiger partial charge in [-0.15, -0.1) is 0 Å². The molecule has 2 N–H and O–H groups in total. The van der Waals surface area contributed by atoms with Crippen LogP contribution in [0, 0.1) is 6.92 Å². The van der Waals surface area contributed by atoms with Gasteiger partial charge in [0.25, 0.3) is 5.91 Å². The van der Waals surface area contributed by atoms with Crippen molar-refractivity contribution in [3.63, 3.8) is 0 Å². The number of carbonyl (C=O) groups is 1. The Hall–Kier alpha value is -3.15. The molecule has 4 rings (SSSR count). The maximum absolute atomic E-state index is 12.6. The lowest BCUT2D eigenvalue weighted by atomic mass is 10.1. The smallest absolute Gasteiger partial charge is 0.258 e. The van der Waals surface area contributed by atoms with Gasteiger partial charge in [-0.1, -0.05) is 53.5 Å². The number of hydrogen-bond donors (Lipinski definition) is 2. The topological polar surface area (TPSA) is 70.7 Å². The maximum Gasteiger partial charge on any atom is 0.258 e. The molecule has 0 atom stereocenters. The highest BCUT2D eigenvalue weighted by molar-refractivity contribution is 6.34. The minimum atomic E-state index is -0.347. The quantitative estimate of drug-likeness (QED) is 0.395. The molecule has 29 heavy (non-hydrogen) atoms. The molecular weight excluding hydrogens is 407 g/mol. The molecule has 4 aromatic rings. The number of aryl methyl sites for hydroxylation is 1. The summed E-state index contributed by atoms with van der Waals surface area (Å²) in [5.41, 5.74) is 4.20. The van der Waals surface area contributed by atoms with Crippen molar-refractivity contribution in [2.45, 2.75) is 6.92 Å². The molecule has 7 heteroatoms. The summed E-state index contributed by atoms with van der Waals surface area (Å²) in [5, 5.41) is 3.51. The predicted molar refractivity (Wildman–Crippen MR) is 116 cm³/mol. The average molecular weight is 423 g/mol. The lowest BCUT2D eigenvalue weighted by Crippen LogP contribution is -2.13. The van der Waals surface area contributed by atoms with E-state index in [0.29, 0.717) is 27.7 Å². The molecule has 0 aliphatic heterocycles. The first-order valence-corrected chi connectivity index (χ1v) is 9.62. The number of H-pyrrole nitrogens is 1. The second kappa shape index (κ2) is 8.07. The minimum absolute atomic E-state index is 0.162. The molecule has 0 saturated carbocycles. The number of nitrogens with one attached hydrogen (secondary N) is 2. The van der Waals surface area contributed by atoms with Gasteiger partial charge in [0, 0.05) is 16.9 Å². The largest absolute Gasteiger partial charge is 0.338 e. The van der Waals surface area contributed by atoms with Crippen LogP contribution >= 0.6 is 23.2 Å². The fourth-order valence-electron chi connectivity index (χ4n) is 2.90. The fourth-order valence-corrected chi connectivity index (χ4v) is 3.39. The van der Waals surface area contributed by atoms with Crippen molar-refractivity contribution < 1.29 is 4.79 Å². The molecule has 0 bridgehead atoms. The lowest BCUT2D eigenvalue weighted by molar-refractivity contribution is 0.102. The highest BCUT2D eigenvalue weighted by atomic mass is 35.5. The molecule has 0 aliphatic rings. The highest BCUT2D eigenvalue weighted by Gasteiger charge is 2.14. The molecular formula is C22H16Cl2N4O. The molecule has 0 unspecified atom stereocenters. The maximum atomic E-state index is 12.6. The second-order valence-corrected chi connectivity index (χ2v) is 7.22. The van der Waals surface area contributed by atoms with Crippen LogP contribution in [-0.2, 0) is 0 Å². The van der Waals surface area contributed by atoms with Crippen LogP contribution in [0.4, 0.5) is 5.69 Å². The van der Waals surface area contributed by atoms with Gasteiger partial charge in [0.15, 0.2) is 0 Å². The third-order valence-corrected chi connectivity index (χ3v) is 4.99. The Morgan fingerprint density at radius 1 is 1.03 bits per heavy atom. The van der Waals surface area contributed by atoms with E-state index < -0.39 is 0 Å². The number of anilines is 1. The Bertz CT molecular complexity index is 1190. The number of benzene rings is 2. The van der Waals surface area contributed by atoms with Gasteiger partial charge in [-0.3, -0.25) is 4.79 Å². The monoisotopic (exact) mass is 422 g/mol. The van der Waals surface area contributed by atoms with E-state index in [2.05, 4.69) is 20.3 Å². The van der Waals surface area contributed by atoms with Crippen molar-refractivity contribution in [1.29, 1.82) is 0 Å². The normalized spacial score (nSPS) is 10.7. The average Bonchev–Trinajstić information content (AvgIpc) is 3.20. The number of carbonyl (C=O) groups excluding carboxylic acids is 1. The lowest BCUT2D eigenvalue weighted by Gasteiger charge is -2.09. The Morgan fingerprint density at radius 3 is 2.59 bits per heavy atom. The number of imidazole rings is 1. The molecule has 144 valence electrons. The third kappa shape index (κ3) is 4.16. The van der Waals surface area contributed by atoms with Crippen LogP contribution in [0.1, 0.15) is 16.1 Å². The molecule has 0 spiro atoms. The van der Waals surface area contributed by atoms with Gasteiger partial charge in [-0.25, -0.2) is 9.97 Å². The van der Waals surface area contributed by atoms with Crippen LogP contribution in [-0.4, -0.2) is 20.9 Å². The van der Waals surface area contributed by atoms with E-state index in [4.69, 9.17) is 23.2 Å². The van der Waals surface area contributed by atoms with E-state index in [-0.39, 0.29) is 11.1 Å². The molecule has 0 aliphatic carbocycles. The number of rotatable bonds is 4.